The number of sulfonamides is 1. The number of rotatable bonds is 4. The first kappa shape index (κ1) is 20.5. The summed E-state index contributed by atoms with van der Waals surface area (Å²) in [5.41, 5.74) is 6.03. The van der Waals surface area contributed by atoms with E-state index in [9.17, 15) is 18.0 Å². The van der Waals surface area contributed by atoms with E-state index in [4.69, 9.17) is 0 Å². The van der Waals surface area contributed by atoms with Gasteiger partial charge in [0.05, 0.1) is 4.90 Å². The number of allylic oxidation sites excluding steroid dienone is 2. The summed E-state index contributed by atoms with van der Waals surface area (Å²) in [6, 6.07) is 6.77. The van der Waals surface area contributed by atoms with Crippen molar-refractivity contribution in [3.63, 3.8) is 0 Å². The fourth-order valence-corrected chi connectivity index (χ4v) is 5.05. The lowest BCUT2D eigenvalue weighted by Gasteiger charge is -2.30. The number of hydrazine groups is 1. The summed E-state index contributed by atoms with van der Waals surface area (Å²) < 4.78 is 26.9. The first-order valence-electron chi connectivity index (χ1n) is 9.69. The predicted molar refractivity (Wildman–Crippen MR) is 105 cm³/mol. The average molecular weight is 406 g/mol. The second-order valence-corrected chi connectivity index (χ2v) is 9.39. The van der Waals surface area contributed by atoms with Gasteiger partial charge in [0.25, 0.3) is 0 Å². The summed E-state index contributed by atoms with van der Waals surface area (Å²) in [5.74, 6) is -0.841. The van der Waals surface area contributed by atoms with E-state index in [0.29, 0.717) is 19.3 Å². The number of aryl methyl sites for hydroxylation is 1. The van der Waals surface area contributed by atoms with Crippen LogP contribution in [0.15, 0.2) is 41.3 Å². The van der Waals surface area contributed by atoms with Crippen molar-refractivity contribution in [2.75, 3.05) is 13.1 Å². The second kappa shape index (κ2) is 8.87. The molecule has 8 heteroatoms. The number of nitrogens with zero attached hydrogens (tertiary/aromatic N) is 1. The van der Waals surface area contributed by atoms with E-state index >= 15 is 0 Å². The number of benzene rings is 1. The summed E-state index contributed by atoms with van der Waals surface area (Å²) in [5, 5.41) is 0. The van der Waals surface area contributed by atoms with Crippen LogP contribution in [0.2, 0.25) is 0 Å². The van der Waals surface area contributed by atoms with Gasteiger partial charge in [-0.15, -0.1) is 0 Å². The molecule has 1 atom stereocenters. The Hall–Kier alpha value is -2.19. The van der Waals surface area contributed by atoms with Gasteiger partial charge in [-0.2, -0.15) is 4.31 Å². The van der Waals surface area contributed by atoms with Crippen LogP contribution in [-0.2, 0) is 19.6 Å². The molecular formula is C20H27N3O4S. The topological polar surface area (TPSA) is 95.6 Å². The van der Waals surface area contributed by atoms with E-state index in [-0.39, 0.29) is 41.6 Å². The third kappa shape index (κ3) is 4.80. The molecule has 1 saturated heterocycles. The van der Waals surface area contributed by atoms with Crippen LogP contribution in [0, 0.1) is 18.8 Å². The van der Waals surface area contributed by atoms with Crippen LogP contribution in [0.4, 0.5) is 0 Å². The zero-order valence-electron chi connectivity index (χ0n) is 16.1. The van der Waals surface area contributed by atoms with Crippen LogP contribution < -0.4 is 10.9 Å². The van der Waals surface area contributed by atoms with E-state index in [1.165, 1.54) is 4.31 Å². The van der Waals surface area contributed by atoms with E-state index in [0.717, 1.165) is 18.4 Å². The Morgan fingerprint density at radius 2 is 1.54 bits per heavy atom. The smallest absolute Gasteiger partial charge is 0.243 e. The molecule has 0 spiro atoms. The Morgan fingerprint density at radius 1 is 0.929 bits per heavy atom. The standard InChI is InChI=1S/C20H27N3O4S/c1-15-7-9-18(10-8-15)28(26,27)23-13-11-17(12-14-23)20(25)22-21-19(24)16-5-3-2-4-6-16/h2-3,7-10,16-17H,4-6,11-14H2,1H3,(H,21,24)(H,22,25). The number of carbonyl (C=O) groups excluding carboxylic acids is 2. The maximum atomic E-state index is 12.7. The fraction of sp³-hybridized carbons (Fsp3) is 0.500. The molecule has 0 aromatic heterocycles. The molecule has 0 bridgehead atoms. The maximum Gasteiger partial charge on any atom is 0.243 e. The van der Waals surface area contributed by atoms with Crippen molar-refractivity contribution >= 4 is 21.8 Å². The Bertz CT molecular complexity index is 841. The van der Waals surface area contributed by atoms with Gasteiger partial charge in [0, 0.05) is 24.9 Å². The maximum absolute atomic E-state index is 12.7. The van der Waals surface area contributed by atoms with Crippen molar-refractivity contribution in [2.24, 2.45) is 11.8 Å². The molecule has 7 nitrogen and oxygen atoms in total. The van der Waals surface area contributed by atoms with Gasteiger partial charge in [0.15, 0.2) is 0 Å². The molecule has 3 rings (SSSR count). The molecule has 1 aliphatic carbocycles. The molecule has 2 N–H and O–H groups in total. The summed E-state index contributed by atoms with van der Waals surface area (Å²) >= 11 is 0. The normalized spacial score (nSPS) is 21.2. The highest BCUT2D eigenvalue weighted by atomic mass is 32.2. The number of carbonyl (C=O) groups is 2. The van der Waals surface area contributed by atoms with E-state index in [1.807, 2.05) is 13.0 Å². The zero-order chi connectivity index (χ0) is 20.1. The van der Waals surface area contributed by atoms with Crippen LogP contribution in [0.5, 0.6) is 0 Å². The molecule has 0 saturated carbocycles. The quantitative estimate of drug-likeness (QED) is 0.591. The first-order chi connectivity index (χ1) is 13.4. The highest BCUT2D eigenvalue weighted by Crippen LogP contribution is 2.24. The fourth-order valence-electron chi connectivity index (χ4n) is 3.58. The van der Waals surface area contributed by atoms with Crippen LogP contribution in [-0.4, -0.2) is 37.6 Å². The predicted octanol–water partition coefficient (Wildman–Crippen LogP) is 1.90. The van der Waals surface area contributed by atoms with E-state index < -0.39 is 10.0 Å². The monoisotopic (exact) mass is 405 g/mol. The second-order valence-electron chi connectivity index (χ2n) is 7.45. The van der Waals surface area contributed by atoms with E-state index in [1.54, 1.807) is 24.3 Å². The minimum Gasteiger partial charge on any atom is -0.273 e. The van der Waals surface area contributed by atoms with Crippen molar-refractivity contribution < 1.29 is 18.0 Å². The Morgan fingerprint density at radius 3 is 2.11 bits per heavy atom. The van der Waals surface area contributed by atoms with Gasteiger partial charge in [-0.3, -0.25) is 20.4 Å². The Balaban J connectivity index is 1.49. The lowest BCUT2D eigenvalue weighted by Crippen LogP contribution is -2.49. The van der Waals surface area contributed by atoms with Crippen molar-refractivity contribution in [1.82, 2.24) is 15.2 Å². The molecular weight excluding hydrogens is 378 g/mol. The summed E-state index contributed by atoms with van der Waals surface area (Å²) in [4.78, 5) is 24.7. The molecule has 1 aromatic carbocycles. The molecule has 1 fully saturated rings. The van der Waals surface area contributed by atoms with Crippen molar-refractivity contribution in [2.45, 2.75) is 43.9 Å². The van der Waals surface area contributed by atoms with Gasteiger partial charge in [0.1, 0.15) is 0 Å². The summed E-state index contributed by atoms with van der Waals surface area (Å²) in [7, 11) is -3.54. The van der Waals surface area contributed by atoms with Crippen molar-refractivity contribution in [1.29, 1.82) is 0 Å². The van der Waals surface area contributed by atoms with Gasteiger partial charge in [-0.1, -0.05) is 29.8 Å². The lowest BCUT2D eigenvalue weighted by atomic mass is 9.94. The molecule has 1 heterocycles. The van der Waals surface area contributed by atoms with Crippen LogP contribution in [0.25, 0.3) is 0 Å². The van der Waals surface area contributed by atoms with Gasteiger partial charge < -0.3 is 0 Å². The molecule has 2 amide bonds. The molecule has 1 unspecified atom stereocenters. The first-order valence-corrected chi connectivity index (χ1v) is 11.1. The molecule has 0 radical (unpaired) electrons. The average Bonchev–Trinajstić information content (AvgIpc) is 2.73. The van der Waals surface area contributed by atoms with Crippen LogP contribution >= 0.6 is 0 Å². The van der Waals surface area contributed by atoms with Gasteiger partial charge in [-0.25, -0.2) is 8.42 Å². The van der Waals surface area contributed by atoms with Crippen molar-refractivity contribution in [3.8, 4) is 0 Å². The zero-order valence-corrected chi connectivity index (χ0v) is 16.9. The number of amides is 2. The largest absolute Gasteiger partial charge is 0.273 e. The third-order valence-corrected chi connectivity index (χ3v) is 7.35. The van der Waals surface area contributed by atoms with Gasteiger partial charge >= 0.3 is 0 Å². The SMILES string of the molecule is Cc1ccc(S(=O)(=O)N2CCC(C(=O)NNC(=O)C3CC=CCC3)CC2)cc1. The minimum absolute atomic E-state index is 0.105. The van der Waals surface area contributed by atoms with Gasteiger partial charge in [-0.05, 0) is 51.2 Å². The molecule has 28 heavy (non-hydrogen) atoms. The Kier molecular flexibility index (Phi) is 6.51. The van der Waals surface area contributed by atoms with Crippen molar-refractivity contribution in [3.05, 3.63) is 42.0 Å². The summed E-state index contributed by atoms with van der Waals surface area (Å²) in [6.07, 6.45) is 7.25. The Labute approximate surface area is 166 Å². The minimum atomic E-state index is -3.54. The molecule has 152 valence electrons. The highest BCUT2D eigenvalue weighted by molar-refractivity contribution is 7.89. The van der Waals surface area contributed by atoms with Crippen LogP contribution in [0.1, 0.15) is 37.7 Å². The lowest BCUT2D eigenvalue weighted by molar-refractivity contribution is -0.133. The molecule has 2 aliphatic rings. The number of hydrogen-bond donors (Lipinski definition) is 2. The molecule has 1 aliphatic heterocycles. The van der Waals surface area contributed by atoms with E-state index in [2.05, 4.69) is 16.9 Å². The highest BCUT2D eigenvalue weighted by Gasteiger charge is 2.32. The number of nitrogens with one attached hydrogen (secondary N) is 2. The third-order valence-electron chi connectivity index (χ3n) is 5.43. The van der Waals surface area contributed by atoms with Crippen LogP contribution in [0.3, 0.4) is 0 Å². The number of hydrogen-bond acceptors (Lipinski definition) is 4. The summed E-state index contributed by atoms with van der Waals surface area (Å²) in [6.45, 7) is 2.48. The number of piperidine rings is 1. The molecule has 1 aromatic rings. The van der Waals surface area contributed by atoms with Gasteiger partial charge in [0.2, 0.25) is 21.8 Å².